The van der Waals surface area contributed by atoms with Crippen LogP contribution in [-0.2, 0) is 22.6 Å². The number of carbonyl (C=O) groups is 3. The molecule has 1 fully saturated rings. The first-order valence-corrected chi connectivity index (χ1v) is 12.4. The van der Waals surface area contributed by atoms with Crippen LogP contribution < -0.4 is 24.8 Å². The Morgan fingerprint density at radius 2 is 1.82 bits per heavy atom. The second-order valence-electron chi connectivity index (χ2n) is 9.27. The van der Waals surface area contributed by atoms with Crippen LogP contribution in [0.15, 0.2) is 72.8 Å². The number of likely N-dealkylation sites (tertiary alicyclic amines) is 1. The van der Waals surface area contributed by atoms with Gasteiger partial charge in [-0.2, -0.15) is 0 Å². The van der Waals surface area contributed by atoms with Gasteiger partial charge in [-0.15, -0.1) is 0 Å². The van der Waals surface area contributed by atoms with E-state index in [0.717, 1.165) is 11.1 Å². The topological polar surface area (TPSA) is 106 Å². The predicted octanol–water partition coefficient (Wildman–Crippen LogP) is 2.33. The van der Waals surface area contributed by atoms with E-state index in [-0.39, 0.29) is 36.5 Å². The molecule has 3 aromatic carbocycles. The van der Waals surface area contributed by atoms with Gasteiger partial charge >= 0.3 is 0 Å². The summed E-state index contributed by atoms with van der Waals surface area (Å²) >= 11 is 0. The standard InChI is InChI=1S/C29H29N3O6/c1-36-24-12-9-21-14-25(24)37-18-27(33)30-15-20-7-10-22(11-8-20)38-26-17-32(16-23(26)31-29(21)35)28(34)13-19-5-3-2-4-6-19/h2-12,14,23,26H,13,15-18H2,1H3,(H,30,33)(H,31,35)/t23-,26-/m0/s1. The molecular formula is C29H29N3O6. The zero-order valence-electron chi connectivity index (χ0n) is 21.0. The van der Waals surface area contributed by atoms with Crippen molar-refractivity contribution in [2.75, 3.05) is 26.8 Å². The highest BCUT2D eigenvalue weighted by atomic mass is 16.5. The highest BCUT2D eigenvalue weighted by molar-refractivity contribution is 5.95. The van der Waals surface area contributed by atoms with Crippen LogP contribution in [0.5, 0.6) is 17.2 Å². The number of nitrogens with zero attached hydrogens (tertiary/aromatic N) is 1. The molecule has 4 bridgehead atoms. The van der Waals surface area contributed by atoms with Gasteiger partial charge in [0.25, 0.3) is 11.8 Å². The third kappa shape index (κ3) is 5.88. The average molecular weight is 516 g/mol. The number of carbonyl (C=O) groups excluding carboxylic acids is 3. The molecule has 9 nitrogen and oxygen atoms in total. The third-order valence-electron chi connectivity index (χ3n) is 6.62. The highest BCUT2D eigenvalue weighted by Gasteiger charge is 2.38. The molecule has 1 saturated heterocycles. The Labute approximate surface area is 220 Å². The summed E-state index contributed by atoms with van der Waals surface area (Å²) in [5, 5.41) is 5.85. The van der Waals surface area contributed by atoms with Crippen LogP contribution in [0.4, 0.5) is 0 Å². The molecule has 2 N–H and O–H groups in total. The second-order valence-corrected chi connectivity index (χ2v) is 9.27. The summed E-state index contributed by atoms with van der Waals surface area (Å²) in [6, 6.07) is 21.3. The lowest BCUT2D eigenvalue weighted by molar-refractivity contribution is -0.129. The monoisotopic (exact) mass is 515 g/mol. The van der Waals surface area contributed by atoms with E-state index >= 15 is 0 Å². The predicted molar refractivity (Wildman–Crippen MR) is 139 cm³/mol. The molecule has 0 spiro atoms. The molecule has 0 saturated carbocycles. The number of benzene rings is 3. The largest absolute Gasteiger partial charge is 0.493 e. The van der Waals surface area contributed by atoms with Crippen LogP contribution in [0.25, 0.3) is 0 Å². The minimum Gasteiger partial charge on any atom is -0.493 e. The van der Waals surface area contributed by atoms with Crippen LogP contribution in [0, 0.1) is 0 Å². The van der Waals surface area contributed by atoms with Gasteiger partial charge in [0.15, 0.2) is 18.1 Å². The molecule has 9 heteroatoms. The Bertz CT molecular complexity index is 1310. The number of methoxy groups -OCH3 is 1. The SMILES string of the molecule is COc1ccc2cc1OCC(=O)NCc1ccc(cc1)O[C@H]1CN(C(=O)Cc3ccccc3)C[C@@H]1NC2=O. The lowest BCUT2D eigenvalue weighted by Crippen LogP contribution is -2.45. The van der Waals surface area contributed by atoms with E-state index in [1.54, 1.807) is 23.1 Å². The Morgan fingerprint density at radius 3 is 2.58 bits per heavy atom. The lowest BCUT2D eigenvalue weighted by atomic mass is 10.1. The number of nitrogens with one attached hydrogen (secondary N) is 2. The molecular weight excluding hydrogens is 486 g/mol. The summed E-state index contributed by atoms with van der Waals surface area (Å²) in [6.45, 7) is 0.753. The summed E-state index contributed by atoms with van der Waals surface area (Å²) in [7, 11) is 1.49. The Balaban J connectivity index is 1.41. The maximum absolute atomic E-state index is 13.3. The third-order valence-corrected chi connectivity index (χ3v) is 6.62. The lowest BCUT2D eigenvalue weighted by Gasteiger charge is -2.21. The van der Waals surface area contributed by atoms with Crippen molar-refractivity contribution in [1.82, 2.24) is 15.5 Å². The van der Waals surface area contributed by atoms with Crippen LogP contribution in [-0.4, -0.2) is 61.6 Å². The van der Waals surface area contributed by atoms with Crippen molar-refractivity contribution in [2.24, 2.45) is 0 Å². The molecule has 196 valence electrons. The van der Waals surface area contributed by atoms with Crippen molar-refractivity contribution in [3.63, 3.8) is 0 Å². The van der Waals surface area contributed by atoms with Gasteiger partial charge in [-0.1, -0.05) is 42.5 Å². The summed E-state index contributed by atoms with van der Waals surface area (Å²) in [5.74, 6) is 0.611. The van der Waals surface area contributed by atoms with Crippen LogP contribution in [0.3, 0.4) is 0 Å². The van der Waals surface area contributed by atoms with Crippen molar-refractivity contribution >= 4 is 17.7 Å². The molecule has 0 radical (unpaired) electrons. The first kappa shape index (κ1) is 25.1. The fraction of sp³-hybridized carbons (Fsp3) is 0.276. The normalized spacial score (nSPS) is 19.3. The maximum Gasteiger partial charge on any atom is 0.258 e. The molecule has 3 aromatic rings. The number of amides is 3. The number of hydrogen-bond donors (Lipinski definition) is 2. The first-order chi connectivity index (χ1) is 18.5. The van der Waals surface area contributed by atoms with Crippen molar-refractivity contribution in [2.45, 2.75) is 25.1 Å². The summed E-state index contributed by atoms with van der Waals surface area (Å²) < 4.78 is 17.3. The van der Waals surface area contributed by atoms with Gasteiger partial charge in [-0.25, -0.2) is 0 Å². The van der Waals surface area contributed by atoms with Gasteiger partial charge in [0.2, 0.25) is 5.91 Å². The van der Waals surface area contributed by atoms with Crippen molar-refractivity contribution < 1.29 is 28.6 Å². The molecule has 2 atom stereocenters. The smallest absolute Gasteiger partial charge is 0.258 e. The van der Waals surface area contributed by atoms with Crippen LogP contribution in [0.2, 0.25) is 0 Å². The quantitative estimate of drug-likeness (QED) is 0.555. The highest BCUT2D eigenvalue weighted by Crippen LogP contribution is 2.28. The Morgan fingerprint density at radius 1 is 1.03 bits per heavy atom. The fourth-order valence-corrected chi connectivity index (χ4v) is 4.56. The number of hydrogen-bond acceptors (Lipinski definition) is 6. The molecule has 6 rings (SSSR count). The molecule has 3 amide bonds. The zero-order chi connectivity index (χ0) is 26.5. The average Bonchev–Trinajstić information content (AvgIpc) is 3.33. The number of rotatable bonds is 3. The van der Waals surface area contributed by atoms with E-state index in [1.807, 2.05) is 54.6 Å². The molecule has 3 heterocycles. The molecule has 38 heavy (non-hydrogen) atoms. The first-order valence-electron chi connectivity index (χ1n) is 12.4. The Hall–Kier alpha value is -4.53. The maximum atomic E-state index is 13.3. The minimum absolute atomic E-state index is 0.0325. The zero-order valence-corrected chi connectivity index (χ0v) is 21.0. The number of ether oxygens (including phenoxy) is 3. The van der Waals surface area contributed by atoms with Gasteiger partial charge in [0.05, 0.1) is 26.1 Å². The summed E-state index contributed by atoms with van der Waals surface area (Å²) in [6.07, 6.45) is -0.178. The molecule has 3 aliphatic heterocycles. The van der Waals surface area contributed by atoms with Crippen molar-refractivity contribution in [1.29, 1.82) is 0 Å². The number of fused-ring (bicyclic) bond motifs is 7. The van der Waals surface area contributed by atoms with Crippen molar-refractivity contribution in [3.05, 3.63) is 89.5 Å². The van der Waals surface area contributed by atoms with Crippen LogP contribution in [0.1, 0.15) is 21.5 Å². The summed E-state index contributed by atoms with van der Waals surface area (Å²) in [4.78, 5) is 40.4. The van der Waals surface area contributed by atoms with E-state index in [2.05, 4.69) is 10.6 Å². The molecule has 3 aliphatic rings. The fourth-order valence-electron chi connectivity index (χ4n) is 4.56. The minimum atomic E-state index is -0.450. The van der Waals surface area contributed by atoms with Crippen molar-refractivity contribution in [3.8, 4) is 17.2 Å². The van der Waals surface area contributed by atoms with E-state index in [4.69, 9.17) is 14.2 Å². The van der Waals surface area contributed by atoms with E-state index in [9.17, 15) is 14.4 Å². The van der Waals surface area contributed by atoms with Gasteiger partial charge in [-0.05, 0) is 41.5 Å². The molecule has 0 aromatic heterocycles. The molecule has 0 unspecified atom stereocenters. The van der Waals surface area contributed by atoms with E-state index in [1.165, 1.54) is 7.11 Å². The van der Waals surface area contributed by atoms with Gasteiger partial charge in [0, 0.05) is 18.7 Å². The van der Waals surface area contributed by atoms with Gasteiger partial charge < -0.3 is 29.7 Å². The van der Waals surface area contributed by atoms with E-state index < -0.39 is 12.1 Å². The van der Waals surface area contributed by atoms with Gasteiger partial charge in [-0.3, -0.25) is 14.4 Å². The van der Waals surface area contributed by atoms with E-state index in [0.29, 0.717) is 36.7 Å². The van der Waals surface area contributed by atoms with Gasteiger partial charge in [0.1, 0.15) is 11.9 Å². The molecule has 0 aliphatic carbocycles. The van der Waals surface area contributed by atoms with Crippen LogP contribution >= 0.6 is 0 Å². The second kappa shape index (κ2) is 11.2. The summed E-state index contributed by atoms with van der Waals surface area (Å²) in [5.41, 5.74) is 2.16. The Kier molecular flexibility index (Phi) is 7.44.